The van der Waals surface area contributed by atoms with E-state index in [1.165, 1.54) is 11.1 Å². The van der Waals surface area contributed by atoms with Crippen molar-refractivity contribution in [1.29, 1.82) is 0 Å². The lowest BCUT2D eigenvalue weighted by atomic mass is 10.1. The summed E-state index contributed by atoms with van der Waals surface area (Å²) in [4.78, 5) is 2.39. The fourth-order valence-corrected chi connectivity index (χ4v) is 2.45. The van der Waals surface area contributed by atoms with Gasteiger partial charge < -0.3 is 15.0 Å². The largest absolute Gasteiger partial charge is 0.379 e. The van der Waals surface area contributed by atoms with E-state index in [4.69, 9.17) is 4.74 Å². The predicted molar refractivity (Wildman–Crippen MR) is 79.4 cm³/mol. The first kappa shape index (κ1) is 14.5. The molecule has 1 heterocycles. The summed E-state index contributed by atoms with van der Waals surface area (Å²) in [7, 11) is 2.19. The van der Waals surface area contributed by atoms with Gasteiger partial charge in [0.1, 0.15) is 0 Å². The highest BCUT2D eigenvalue weighted by molar-refractivity contribution is 5.22. The molecule has 0 aromatic heterocycles. The maximum Gasteiger partial charge on any atom is 0.0620 e. The number of benzene rings is 1. The molecule has 1 aromatic carbocycles. The van der Waals surface area contributed by atoms with Gasteiger partial charge >= 0.3 is 0 Å². The van der Waals surface area contributed by atoms with Crippen LogP contribution in [0.5, 0.6) is 0 Å². The number of rotatable bonds is 6. The highest BCUT2D eigenvalue weighted by atomic mass is 16.5. The van der Waals surface area contributed by atoms with Gasteiger partial charge in [-0.3, -0.25) is 0 Å². The fraction of sp³-hybridized carbons (Fsp3) is 0.625. The quantitative estimate of drug-likeness (QED) is 0.849. The Morgan fingerprint density at radius 2 is 2.00 bits per heavy atom. The second-order valence-corrected chi connectivity index (χ2v) is 5.42. The first-order valence-corrected chi connectivity index (χ1v) is 7.35. The van der Waals surface area contributed by atoms with Crippen molar-refractivity contribution in [2.24, 2.45) is 0 Å². The molecule has 1 aromatic rings. The maximum atomic E-state index is 5.48. The number of aryl methyl sites for hydroxylation is 1. The maximum absolute atomic E-state index is 5.48. The van der Waals surface area contributed by atoms with Crippen LogP contribution in [-0.4, -0.2) is 44.3 Å². The summed E-state index contributed by atoms with van der Waals surface area (Å²) in [5, 5.41) is 3.50. The molecule has 0 amide bonds. The van der Waals surface area contributed by atoms with Crippen molar-refractivity contribution in [1.82, 2.24) is 10.2 Å². The van der Waals surface area contributed by atoms with Crippen molar-refractivity contribution in [3.63, 3.8) is 0 Å². The first-order chi connectivity index (χ1) is 9.28. The Labute approximate surface area is 116 Å². The molecule has 19 heavy (non-hydrogen) atoms. The van der Waals surface area contributed by atoms with Crippen molar-refractivity contribution in [3.8, 4) is 0 Å². The fourth-order valence-electron chi connectivity index (χ4n) is 2.45. The molecule has 1 aliphatic rings. The van der Waals surface area contributed by atoms with Gasteiger partial charge in [-0.25, -0.2) is 0 Å². The van der Waals surface area contributed by atoms with Gasteiger partial charge in [0.25, 0.3) is 0 Å². The zero-order chi connectivity index (χ0) is 13.5. The minimum Gasteiger partial charge on any atom is -0.379 e. The average molecular weight is 262 g/mol. The molecule has 1 fully saturated rings. The molecule has 1 N–H and O–H groups in total. The molecular weight excluding hydrogens is 236 g/mol. The van der Waals surface area contributed by atoms with E-state index in [1.54, 1.807) is 0 Å². The molecule has 1 saturated heterocycles. The van der Waals surface area contributed by atoms with Crippen LogP contribution >= 0.6 is 0 Å². The van der Waals surface area contributed by atoms with Crippen molar-refractivity contribution in [3.05, 3.63) is 35.4 Å². The zero-order valence-corrected chi connectivity index (χ0v) is 12.2. The molecular formula is C16H26N2O. The predicted octanol–water partition coefficient (Wildman–Crippen LogP) is 2.06. The number of ether oxygens (including phenoxy) is 1. The Morgan fingerprint density at radius 1 is 1.26 bits per heavy atom. The van der Waals surface area contributed by atoms with Gasteiger partial charge in [0, 0.05) is 19.1 Å². The molecule has 0 saturated carbocycles. The Kier molecular flexibility index (Phi) is 5.83. The molecule has 0 bridgehead atoms. The molecule has 0 aliphatic carbocycles. The third-order valence-corrected chi connectivity index (χ3v) is 3.74. The molecule has 0 spiro atoms. The molecule has 1 aliphatic heterocycles. The summed E-state index contributed by atoms with van der Waals surface area (Å²) in [6, 6.07) is 9.49. The average Bonchev–Trinajstić information content (AvgIpc) is 2.47. The van der Waals surface area contributed by atoms with Crippen LogP contribution < -0.4 is 5.32 Å². The Morgan fingerprint density at radius 3 is 2.63 bits per heavy atom. The second kappa shape index (κ2) is 7.63. The topological polar surface area (TPSA) is 24.5 Å². The molecule has 1 atom stereocenters. The molecule has 3 heteroatoms. The van der Waals surface area contributed by atoms with Crippen LogP contribution in [0.2, 0.25) is 0 Å². The Hall–Kier alpha value is -0.900. The minimum atomic E-state index is 0.527. The van der Waals surface area contributed by atoms with Gasteiger partial charge in [0.2, 0.25) is 0 Å². The molecule has 106 valence electrons. The number of hydrogen-bond acceptors (Lipinski definition) is 3. The molecule has 0 radical (unpaired) electrons. The van der Waals surface area contributed by atoms with Gasteiger partial charge in [0.15, 0.2) is 0 Å². The van der Waals surface area contributed by atoms with E-state index < -0.39 is 0 Å². The minimum absolute atomic E-state index is 0.527. The van der Waals surface area contributed by atoms with Crippen molar-refractivity contribution < 1.29 is 4.74 Å². The van der Waals surface area contributed by atoms with E-state index >= 15 is 0 Å². The van der Waals surface area contributed by atoms with Gasteiger partial charge in [-0.15, -0.1) is 0 Å². The van der Waals surface area contributed by atoms with Gasteiger partial charge in [-0.2, -0.15) is 0 Å². The molecule has 2 rings (SSSR count). The van der Waals surface area contributed by atoms with E-state index in [1.807, 2.05) is 0 Å². The van der Waals surface area contributed by atoms with E-state index in [0.29, 0.717) is 6.04 Å². The summed E-state index contributed by atoms with van der Waals surface area (Å²) in [5.41, 5.74) is 2.81. The normalized spacial score (nSPS) is 19.8. The van der Waals surface area contributed by atoms with Crippen molar-refractivity contribution in [2.45, 2.75) is 32.4 Å². The smallest absolute Gasteiger partial charge is 0.0620 e. The highest BCUT2D eigenvalue weighted by Gasteiger charge is 2.13. The zero-order valence-electron chi connectivity index (χ0n) is 12.2. The number of morpholine rings is 1. The number of nitrogens with zero attached hydrogens (tertiary/aromatic N) is 1. The lowest BCUT2D eigenvalue weighted by Gasteiger charge is -2.26. The third-order valence-electron chi connectivity index (χ3n) is 3.74. The summed E-state index contributed by atoms with van der Waals surface area (Å²) >= 11 is 0. The summed E-state index contributed by atoms with van der Waals surface area (Å²) in [5.74, 6) is 0. The Bertz CT molecular complexity index is 358. The van der Waals surface area contributed by atoms with Crippen LogP contribution in [0.4, 0.5) is 0 Å². The van der Waals surface area contributed by atoms with E-state index in [0.717, 1.165) is 45.7 Å². The highest BCUT2D eigenvalue weighted by Crippen LogP contribution is 2.08. The van der Waals surface area contributed by atoms with E-state index in [-0.39, 0.29) is 0 Å². The van der Waals surface area contributed by atoms with E-state index in [2.05, 4.69) is 48.5 Å². The monoisotopic (exact) mass is 262 g/mol. The lowest BCUT2D eigenvalue weighted by molar-refractivity contribution is 0.0708. The van der Waals surface area contributed by atoms with Gasteiger partial charge in [-0.05, 0) is 37.6 Å². The second-order valence-electron chi connectivity index (χ2n) is 5.42. The first-order valence-electron chi connectivity index (χ1n) is 7.35. The standard InChI is InChI=1S/C16H26N2O/c1-3-14-4-6-15(7-5-14)12-18(2)10-8-16-13-19-11-9-17-16/h4-7,16-17H,3,8-13H2,1-2H3. The van der Waals surface area contributed by atoms with Crippen molar-refractivity contribution in [2.75, 3.05) is 33.4 Å². The lowest BCUT2D eigenvalue weighted by Crippen LogP contribution is -2.42. The number of hydrogen-bond donors (Lipinski definition) is 1. The van der Waals surface area contributed by atoms with Gasteiger partial charge in [-0.1, -0.05) is 31.2 Å². The van der Waals surface area contributed by atoms with Crippen LogP contribution in [-0.2, 0) is 17.7 Å². The Balaban J connectivity index is 1.71. The summed E-state index contributed by atoms with van der Waals surface area (Å²) in [6.07, 6.45) is 2.27. The summed E-state index contributed by atoms with van der Waals surface area (Å²) < 4.78 is 5.48. The van der Waals surface area contributed by atoms with Crippen molar-refractivity contribution >= 4 is 0 Å². The van der Waals surface area contributed by atoms with Gasteiger partial charge in [0.05, 0.1) is 13.2 Å². The number of nitrogens with one attached hydrogen (secondary N) is 1. The molecule has 3 nitrogen and oxygen atoms in total. The van der Waals surface area contributed by atoms with Crippen LogP contribution in [0.3, 0.4) is 0 Å². The van der Waals surface area contributed by atoms with E-state index in [9.17, 15) is 0 Å². The van der Waals surface area contributed by atoms with Crippen LogP contribution in [0.1, 0.15) is 24.5 Å². The SMILES string of the molecule is CCc1ccc(CN(C)CCC2COCCN2)cc1. The molecule has 1 unspecified atom stereocenters. The van der Waals surface area contributed by atoms with Crippen LogP contribution in [0.25, 0.3) is 0 Å². The van der Waals surface area contributed by atoms with Crippen LogP contribution in [0, 0.1) is 0 Å². The third kappa shape index (κ3) is 4.94. The summed E-state index contributed by atoms with van der Waals surface area (Å²) in [6.45, 7) is 7.04. The van der Waals surface area contributed by atoms with Crippen LogP contribution in [0.15, 0.2) is 24.3 Å².